The molecule has 0 aliphatic carbocycles. The summed E-state index contributed by atoms with van der Waals surface area (Å²) in [5.74, 6) is -1.09. The fraction of sp³-hybridized carbons (Fsp3) is 0.261. The largest absolute Gasteiger partial charge is 0.493 e. The van der Waals surface area contributed by atoms with E-state index in [1.165, 1.54) is 32.4 Å². The topological polar surface area (TPSA) is 91.7 Å². The lowest BCUT2D eigenvalue weighted by molar-refractivity contribution is -0.0512. The molecule has 0 aliphatic rings. The molecule has 1 aromatic heterocycles. The highest BCUT2D eigenvalue weighted by molar-refractivity contribution is 6.05. The van der Waals surface area contributed by atoms with Gasteiger partial charge in [0, 0.05) is 5.56 Å². The van der Waals surface area contributed by atoms with Gasteiger partial charge in [-0.2, -0.15) is 13.9 Å². The van der Waals surface area contributed by atoms with Crippen LogP contribution in [0, 0.1) is 13.8 Å². The molecule has 0 atom stereocenters. The zero-order valence-corrected chi connectivity index (χ0v) is 18.5. The number of anilines is 1. The van der Waals surface area contributed by atoms with Gasteiger partial charge < -0.3 is 19.5 Å². The molecular weight excluding hydrogens is 436 g/mol. The molecule has 0 fully saturated rings. The van der Waals surface area contributed by atoms with Crippen molar-refractivity contribution >= 4 is 17.6 Å². The number of ether oxygens (including phenoxy) is 3. The average Bonchev–Trinajstić information content (AvgIpc) is 3.06. The Kier molecular flexibility index (Phi) is 7.27. The molecule has 1 heterocycles. The molecule has 0 radical (unpaired) electrons. The number of rotatable bonds is 8. The highest BCUT2D eigenvalue weighted by Crippen LogP contribution is 2.30. The van der Waals surface area contributed by atoms with Crippen LogP contribution in [0.2, 0.25) is 0 Å². The number of carbonyl (C=O) groups is 2. The summed E-state index contributed by atoms with van der Waals surface area (Å²) < 4.78 is 41.0. The number of alkyl halides is 2. The molecule has 33 heavy (non-hydrogen) atoms. The van der Waals surface area contributed by atoms with E-state index in [-0.39, 0.29) is 17.1 Å². The minimum Gasteiger partial charge on any atom is -0.493 e. The van der Waals surface area contributed by atoms with Crippen LogP contribution in [0.5, 0.6) is 11.5 Å². The summed E-state index contributed by atoms with van der Waals surface area (Å²) in [6.45, 7) is 0.808. The van der Waals surface area contributed by atoms with Gasteiger partial charge >= 0.3 is 12.6 Å². The Morgan fingerprint density at radius 3 is 2.48 bits per heavy atom. The number of methoxy groups -OCH3 is 2. The summed E-state index contributed by atoms with van der Waals surface area (Å²) in [5.41, 5.74) is 3.08. The van der Waals surface area contributed by atoms with Gasteiger partial charge in [0.1, 0.15) is 0 Å². The van der Waals surface area contributed by atoms with Crippen LogP contribution in [0.25, 0.3) is 0 Å². The molecule has 0 unspecified atom stereocenters. The standard InChI is InChI=1S/C23H23F2N3O5/c1-13-20(26-21(29)15-9-10-18(33-23(24)25)19(11-15)31-3)14(2)28(27-13)12-16-7-5-6-8-17(16)22(30)32-4/h5-11,23H,12H2,1-4H3,(H,26,29). The van der Waals surface area contributed by atoms with Crippen LogP contribution in [0.3, 0.4) is 0 Å². The van der Waals surface area contributed by atoms with E-state index in [9.17, 15) is 18.4 Å². The molecule has 0 aliphatic heterocycles. The molecule has 174 valence electrons. The Labute approximate surface area is 189 Å². The van der Waals surface area contributed by atoms with Crippen molar-refractivity contribution in [3.8, 4) is 11.5 Å². The van der Waals surface area contributed by atoms with Crippen molar-refractivity contribution in [3.05, 3.63) is 70.5 Å². The Balaban J connectivity index is 1.84. The second-order valence-corrected chi connectivity index (χ2v) is 7.05. The molecule has 0 saturated heterocycles. The van der Waals surface area contributed by atoms with Crippen molar-refractivity contribution in [1.29, 1.82) is 0 Å². The van der Waals surface area contributed by atoms with E-state index in [0.717, 1.165) is 0 Å². The number of aryl methyl sites for hydroxylation is 1. The van der Waals surface area contributed by atoms with E-state index in [1.54, 1.807) is 36.7 Å². The summed E-state index contributed by atoms with van der Waals surface area (Å²) in [7, 11) is 2.61. The number of amides is 1. The molecule has 8 nitrogen and oxygen atoms in total. The van der Waals surface area contributed by atoms with Crippen molar-refractivity contribution in [2.45, 2.75) is 27.0 Å². The monoisotopic (exact) mass is 459 g/mol. The second kappa shape index (κ2) is 10.1. The maximum atomic E-state index is 12.8. The van der Waals surface area contributed by atoms with Gasteiger partial charge in [0.05, 0.1) is 43.4 Å². The van der Waals surface area contributed by atoms with Gasteiger partial charge in [-0.05, 0) is 43.7 Å². The van der Waals surface area contributed by atoms with E-state index < -0.39 is 18.5 Å². The lowest BCUT2D eigenvalue weighted by Crippen LogP contribution is -2.14. The molecular formula is C23H23F2N3O5. The fourth-order valence-corrected chi connectivity index (χ4v) is 3.35. The Hall–Kier alpha value is -3.95. The first-order valence-corrected chi connectivity index (χ1v) is 9.89. The van der Waals surface area contributed by atoms with Crippen molar-refractivity contribution in [1.82, 2.24) is 9.78 Å². The molecule has 3 aromatic rings. The van der Waals surface area contributed by atoms with Crippen LogP contribution in [-0.2, 0) is 11.3 Å². The van der Waals surface area contributed by atoms with Gasteiger partial charge in [0.25, 0.3) is 5.91 Å². The smallest absolute Gasteiger partial charge is 0.387 e. The van der Waals surface area contributed by atoms with Crippen molar-refractivity contribution in [3.63, 3.8) is 0 Å². The summed E-state index contributed by atoms with van der Waals surface area (Å²) >= 11 is 0. The number of aromatic nitrogens is 2. The van der Waals surface area contributed by atoms with Gasteiger partial charge in [-0.1, -0.05) is 18.2 Å². The third kappa shape index (κ3) is 5.28. The highest BCUT2D eigenvalue weighted by Gasteiger charge is 2.19. The number of benzene rings is 2. The Bertz CT molecular complexity index is 1180. The minimum atomic E-state index is -3.01. The molecule has 3 rings (SSSR count). The van der Waals surface area contributed by atoms with Crippen LogP contribution < -0.4 is 14.8 Å². The molecule has 0 spiro atoms. The first-order valence-electron chi connectivity index (χ1n) is 9.89. The van der Waals surface area contributed by atoms with Gasteiger partial charge in [-0.25, -0.2) is 4.79 Å². The Morgan fingerprint density at radius 1 is 1.09 bits per heavy atom. The zero-order chi connectivity index (χ0) is 24.1. The molecule has 2 aromatic carbocycles. The van der Waals surface area contributed by atoms with E-state index in [0.29, 0.717) is 34.7 Å². The van der Waals surface area contributed by atoms with E-state index in [2.05, 4.69) is 15.2 Å². The van der Waals surface area contributed by atoms with Crippen LogP contribution >= 0.6 is 0 Å². The number of esters is 1. The van der Waals surface area contributed by atoms with Crippen molar-refractivity contribution in [2.24, 2.45) is 0 Å². The molecule has 0 saturated carbocycles. The predicted molar refractivity (Wildman–Crippen MR) is 116 cm³/mol. The van der Waals surface area contributed by atoms with Crippen molar-refractivity contribution in [2.75, 3.05) is 19.5 Å². The summed E-state index contributed by atoms with van der Waals surface area (Å²) in [6, 6.07) is 10.9. The lowest BCUT2D eigenvalue weighted by atomic mass is 10.1. The fourth-order valence-electron chi connectivity index (χ4n) is 3.35. The SMILES string of the molecule is COC(=O)c1ccccc1Cn1nc(C)c(NC(=O)c2ccc(OC(F)F)c(OC)c2)c1C. The number of hydrogen-bond acceptors (Lipinski definition) is 6. The van der Waals surface area contributed by atoms with E-state index in [4.69, 9.17) is 9.47 Å². The lowest BCUT2D eigenvalue weighted by Gasteiger charge is -2.12. The zero-order valence-electron chi connectivity index (χ0n) is 18.5. The van der Waals surface area contributed by atoms with Gasteiger partial charge in [0.15, 0.2) is 11.5 Å². The number of nitrogens with one attached hydrogen (secondary N) is 1. The highest BCUT2D eigenvalue weighted by atomic mass is 19.3. The third-order valence-corrected chi connectivity index (χ3v) is 5.00. The Morgan fingerprint density at radius 2 is 1.82 bits per heavy atom. The maximum absolute atomic E-state index is 12.8. The number of hydrogen-bond donors (Lipinski definition) is 1. The van der Waals surface area contributed by atoms with Crippen LogP contribution in [0.1, 0.15) is 37.7 Å². The second-order valence-electron chi connectivity index (χ2n) is 7.05. The van der Waals surface area contributed by atoms with Crippen molar-refractivity contribution < 1.29 is 32.6 Å². The average molecular weight is 459 g/mol. The minimum absolute atomic E-state index is 0.00602. The van der Waals surface area contributed by atoms with E-state index in [1.807, 2.05) is 6.07 Å². The normalized spacial score (nSPS) is 10.8. The summed E-state index contributed by atoms with van der Waals surface area (Å²) in [6.07, 6.45) is 0. The number of halogens is 2. The van der Waals surface area contributed by atoms with Gasteiger partial charge in [0.2, 0.25) is 0 Å². The summed E-state index contributed by atoms with van der Waals surface area (Å²) in [4.78, 5) is 24.9. The van der Waals surface area contributed by atoms with E-state index >= 15 is 0 Å². The van der Waals surface area contributed by atoms with Crippen LogP contribution in [0.15, 0.2) is 42.5 Å². The number of carbonyl (C=O) groups excluding carboxylic acids is 2. The molecule has 1 amide bonds. The molecule has 0 bridgehead atoms. The summed E-state index contributed by atoms with van der Waals surface area (Å²) in [5, 5.41) is 7.28. The number of nitrogens with zero attached hydrogens (tertiary/aromatic N) is 2. The maximum Gasteiger partial charge on any atom is 0.387 e. The first-order chi connectivity index (χ1) is 15.7. The van der Waals surface area contributed by atoms with Crippen LogP contribution in [0.4, 0.5) is 14.5 Å². The van der Waals surface area contributed by atoms with Gasteiger partial charge in [-0.3, -0.25) is 9.48 Å². The third-order valence-electron chi connectivity index (χ3n) is 5.00. The molecule has 1 N–H and O–H groups in total. The van der Waals surface area contributed by atoms with Crippen LogP contribution in [-0.4, -0.2) is 42.5 Å². The van der Waals surface area contributed by atoms with Gasteiger partial charge in [-0.15, -0.1) is 0 Å². The predicted octanol–water partition coefficient (Wildman–Crippen LogP) is 4.20. The first kappa shape index (κ1) is 23.7. The molecule has 10 heteroatoms. The quantitative estimate of drug-likeness (QED) is 0.508.